The van der Waals surface area contributed by atoms with Gasteiger partial charge in [-0.3, -0.25) is 9.78 Å². The SMILES string of the molecule is CCN(Cc1ccc(C(=O)N(C)C)cc1)c1cnc2ccccc2n1. The van der Waals surface area contributed by atoms with Gasteiger partial charge in [-0.1, -0.05) is 24.3 Å². The standard InChI is InChI=1S/C20H22N4O/c1-4-24(19-13-21-17-7-5-6-8-18(17)22-19)14-15-9-11-16(12-10-15)20(25)23(2)3/h5-13H,4,14H2,1-3H3. The number of carbonyl (C=O) groups excluding carboxylic acids is 1. The van der Waals surface area contributed by atoms with Gasteiger partial charge in [-0.2, -0.15) is 0 Å². The second kappa shape index (κ2) is 7.30. The molecule has 3 rings (SSSR count). The molecule has 25 heavy (non-hydrogen) atoms. The van der Waals surface area contributed by atoms with Crippen molar-refractivity contribution in [2.75, 3.05) is 25.5 Å². The Morgan fingerprint density at radius 2 is 1.68 bits per heavy atom. The summed E-state index contributed by atoms with van der Waals surface area (Å²) in [4.78, 5) is 24.9. The van der Waals surface area contributed by atoms with Gasteiger partial charge in [0.25, 0.3) is 5.91 Å². The molecule has 0 aliphatic heterocycles. The molecule has 0 atom stereocenters. The van der Waals surface area contributed by atoms with Gasteiger partial charge in [-0.25, -0.2) is 4.98 Å². The lowest BCUT2D eigenvalue weighted by atomic mass is 10.1. The molecule has 0 radical (unpaired) electrons. The van der Waals surface area contributed by atoms with Crippen molar-refractivity contribution in [3.05, 3.63) is 65.9 Å². The molecule has 0 aliphatic rings. The van der Waals surface area contributed by atoms with E-state index in [2.05, 4.69) is 16.8 Å². The van der Waals surface area contributed by atoms with Crippen LogP contribution in [0.4, 0.5) is 5.82 Å². The van der Waals surface area contributed by atoms with Gasteiger partial charge in [0.2, 0.25) is 0 Å². The summed E-state index contributed by atoms with van der Waals surface area (Å²) in [6, 6.07) is 15.6. The number of aromatic nitrogens is 2. The number of anilines is 1. The van der Waals surface area contributed by atoms with Gasteiger partial charge in [-0.05, 0) is 36.8 Å². The fourth-order valence-corrected chi connectivity index (χ4v) is 2.69. The van der Waals surface area contributed by atoms with Gasteiger partial charge in [0, 0.05) is 32.7 Å². The number of benzene rings is 2. The summed E-state index contributed by atoms with van der Waals surface area (Å²) in [6.45, 7) is 3.65. The molecule has 2 aromatic carbocycles. The van der Waals surface area contributed by atoms with Crippen LogP contribution in [0.3, 0.4) is 0 Å². The number of fused-ring (bicyclic) bond motifs is 1. The first-order valence-electron chi connectivity index (χ1n) is 8.36. The lowest BCUT2D eigenvalue weighted by molar-refractivity contribution is 0.0827. The maximum Gasteiger partial charge on any atom is 0.253 e. The van der Waals surface area contributed by atoms with Gasteiger partial charge in [0.1, 0.15) is 5.82 Å². The van der Waals surface area contributed by atoms with Crippen LogP contribution in [0.25, 0.3) is 11.0 Å². The third-order valence-electron chi connectivity index (χ3n) is 4.12. The molecule has 1 amide bonds. The van der Waals surface area contributed by atoms with Gasteiger partial charge < -0.3 is 9.80 Å². The molecule has 5 nitrogen and oxygen atoms in total. The molecule has 0 unspecified atom stereocenters. The zero-order valence-electron chi connectivity index (χ0n) is 14.8. The van der Waals surface area contributed by atoms with Crippen LogP contribution in [-0.2, 0) is 6.54 Å². The summed E-state index contributed by atoms with van der Waals surface area (Å²) in [5.74, 6) is 0.869. The van der Waals surface area contributed by atoms with Crippen molar-refractivity contribution >= 4 is 22.8 Å². The van der Waals surface area contributed by atoms with Gasteiger partial charge >= 0.3 is 0 Å². The van der Waals surface area contributed by atoms with E-state index in [1.165, 1.54) is 0 Å². The summed E-state index contributed by atoms with van der Waals surface area (Å²) >= 11 is 0. The summed E-state index contributed by atoms with van der Waals surface area (Å²) in [5.41, 5.74) is 3.62. The van der Waals surface area contributed by atoms with Gasteiger partial charge in [0.15, 0.2) is 0 Å². The van der Waals surface area contributed by atoms with Crippen molar-refractivity contribution in [3.8, 4) is 0 Å². The average molecular weight is 334 g/mol. The Kier molecular flexibility index (Phi) is 4.93. The summed E-state index contributed by atoms with van der Waals surface area (Å²) in [7, 11) is 3.51. The largest absolute Gasteiger partial charge is 0.351 e. The number of para-hydroxylation sites is 2. The lowest BCUT2D eigenvalue weighted by Crippen LogP contribution is -2.24. The first-order chi connectivity index (χ1) is 12.1. The number of hydrogen-bond donors (Lipinski definition) is 0. The molecule has 0 bridgehead atoms. The molecule has 5 heteroatoms. The molecular weight excluding hydrogens is 312 g/mol. The van der Waals surface area contributed by atoms with E-state index in [-0.39, 0.29) is 5.91 Å². The summed E-state index contributed by atoms with van der Waals surface area (Å²) in [6.07, 6.45) is 1.82. The van der Waals surface area contributed by atoms with Crippen molar-refractivity contribution < 1.29 is 4.79 Å². The van der Waals surface area contributed by atoms with Gasteiger partial charge in [-0.15, -0.1) is 0 Å². The minimum atomic E-state index is 0.0132. The van der Waals surface area contributed by atoms with E-state index in [0.717, 1.165) is 35.5 Å². The molecule has 0 fully saturated rings. The van der Waals surface area contributed by atoms with Crippen molar-refractivity contribution in [3.63, 3.8) is 0 Å². The van der Waals surface area contributed by atoms with E-state index in [1.807, 2.05) is 54.7 Å². The Morgan fingerprint density at radius 3 is 2.32 bits per heavy atom. The predicted molar refractivity (Wildman–Crippen MR) is 101 cm³/mol. The maximum atomic E-state index is 12.0. The quantitative estimate of drug-likeness (QED) is 0.718. The smallest absolute Gasteiger partial charge is 0.253 e. The van der Waals surface area contributed by atoms with Crippen LogP contribution in [0.2, 0.25) is 0 Å². The highest BCUT2D eigenvalue weighted by atomic mass is 16.2. The van der Waals surface area contributed by atoms with Gasteiger partial charge in [0.05, 0.1) is 17.2 Å². The van der Waals surface area contributed by atoms with E-state index in [9.17, 15) is 4.79 Å². The van der Waals surface area contributed by atoms with Crippen molar-refractivity contribution in [1.29, 1.82) is 0 Å². The molecule has 128 valence electrons. The van der Waals surface area contributed by atoms with E-state index in [0.29, 0.717) is 5.56 Å². The predicted octanol–water partition coefficient (Wildman–Crippen LogP) is 3.36. The number of nitrogens with zero attached hydrogens (tertiary/aromatic N) is 4. The van der Waals surface area contributed by atoms with Crippen molar-refractivity contribution in [1.82, 2.24) is 14.9 Å². The molecule has 3 aromatic rings. The second-order valence-electron chi connectivity index (χ2n) is 6.13. The lowest BCUT2D eigenvalue weighted by Gasteiger charge is -2.22. The Bertz CT molecular complexity index is 874. The molecule has 1 aromatic heterocycles. The van der Waals surface area contributed by atoms with E-state index in [4.69, 9.17) is 4.98 Å². The fourth-order valence-electron chi connectivity index (χ4n) is 2.69. The molecule has 0 aliphatic carbocycles. The number of rotatable bonds is 5. The molecule has 0 saturated carbocycles. The Balaban J connectivity index is 1.80. The number of hydrogen-bond acceptors (Lipinski definition) is 4. The molecule has 1 heterocycles. The fraction of sp³-hybridized carbons (Fsp3) is 0.250. The van der Waals surface area contributed by atoms with E-state index < -0.39 is 0 Å². The Hall–Kier alpha value is -2.95. The topological polar surface area (TPSA) is 49.3 Å². The highest BCUT2D eigenvalue weighted by Crippen LogP contribution is 2.18. The molecular formula is C20H22N4O. The van der Waals surface area contributed by atoms with Crippen molar-refractivity contribution in [2.45, 2.75) is 13.5 Å². The minimum Gasteiger partial charge on any atom is -0.351 e. The van der Waals surface area contributed by atoms with Crippen LogP contribution in [0.1, 0.15) is 22.8 Å². The minimum absolute atomic E-state index is 0.0132. The summed E-state index contributed by atoms with van der Waals surface area (Å²) in [5, 5.41) is 0. The maximum absolute atomic E-state index is 12.0. The Labute approximate surface area is 147 Å². The second-order valence-corrected chi connectivity index (χ2v) is 6.13. The van der Waals surface area contributed by atoms with Crippen molar-refractivity contribution in [2.24, 2.45) is 0 Å². The first-order valence-corrected chi connectivity index (χ1v) is 8.36. The normalized spacial score (nSPS) is 10.7. The van der Waals surface area contributed by atoms with Crippen LogP contribution in [0.15, 0.2) is 54.7 Å². The van der Waals surface area contributed by atoms with Crippen LogP contribution >= 0.6 is 0 Å². The molecule has 0 saturated heterocycles. The number of amides is 1. The first kappa shape index (κ1) is 16.9. The zero-order valence-corrected chi connectivity index (χ0v) is 14.8. The van der Waals surface area contributed by atoms with Crippen LogP contribution in [-0.4, -0.2) is 41.4 Å². The molecule has 0 spiro atoms. The highest BCUT2D eigenvalue weighted by molar-refractivity contribution is 5.93. The van der Waals surface area contributed by atoms with Crippen LogP contribution in [0.5, 0.6) is 0 Å². The van der Waals surface area contributed by atoms with E-state index in [1.54, 1.807) is 19.0 Å². The third-order valence-corrected chi connectivity index (χ3v) is 4.12. The third kappa shape index (κ3) is 3.76. The Morgan fingerprint density at radius 1 is 1.00 bits per heavy atom. The zero-order chi connectivity index (χ0) is 17.8. The molecule has 0 N–H and O–H groups in total. The van der Waals surface area contributed by atoms with Crippen LogP contribution in [0, 0.1) is 0 Å². The van der Waals surface area contributed by atoms with Crippen LogP contribution < -0.4 is 4.90 Å². The highest BCUT2D eigenvalue weighted by Gasteiger charge is 2.11. The van der Waals surface area contributed by atoms with E-state index >= 15 is 0 Å². The monoisotopic (exact) mass is 334 g/mol. The summed E-state index contributed by atoms with van der Waals surface area (Å²) < 4.78 is 0. The number of carbonyl (C=O) groups is 1. The average Bonchev–Trinajstić information content (AvgIpc) is 2.65.